The zero-order valence-electron chi connectivity index (χ0n) is 19.8. The molecule has 4 heteroatoms. The Labute approximate surface area is 213 Å². The van der Waals surface area contributed by atoms with Crippen molar-refractivity contribution in [2.45, 2.75) is 6.17 Å². The second-order valence-corrected chi connectivity index (χ2v) is 9.46. The van der Waals surface area contributed by atoms with Crippen LogP contribution >= 0.6 is 0 Å². The number of benzene rings is 5. The van der Waals surface area contributed by atoms with Gasteiger partial charge in [-0.25, -0.2) is 9.98 Å². The third-order valence-corrected chi connectivity index (χ3v) is 7.29. The van der Waals surface area contributed by atoms with Crippen LogP contribution in [0.25, 0.3) is 44.2 Å². The van der Waals surface area contributed by atoms with Gasteiger partial charge in [0.1, 0.15) is 23.2 Å². The number of amidine groups is 2. The maximum absolute atomic E-state index is 6.49. The molecule has 174 valence electrons. The van der Waals surface area contributed by atoms with Crippen molar-refractivity contribution in [3.05, 3.63) is 132 Å². The van der Waals surface area contributed by atoms with Gasteiger partial charge in [-0.1, -0.05) is 97.1 Å². The Morgan fingerprint density at radius 2 is 1.32 bits per heavy atom. The molecule has 0 saturated heterocycles. The highest BCUT2D eigenvalue weighted by Crippen LogP contribution is 2.43. The SMILES string of the molecule is c1ccc(C2=NC3=NC(N2)c2ccccc2-c2cc(cc4c2oc2ccccc24)-c2ccccc23)cc1. The number of fused-ring (bicyclic) bond motifs is 13. The molecular weight excluding hydrogens is 454 g/mol. The van der Waals surface area contributed by atoms with Crippen LogP contribution in [0.15, 0.2) is 130 Å². The zero-order valence-corrected chi connectivity index (χ0v) is 19.8. The first-order valence-electron chi connectivity index (χ1n) is 12.5. The van der Waals surface area contributed by atoms with Crippen molar-refractivity contribution in [1.29, 1.82) is 0 Å². The molecule has 2 aliphatic heterocycles. The highest BCUT2D eigenvalue weighted by molar-refractivity contribution is 6.17. The van der Waals surface area contributed by atoms with Crippen molar-refractivity contribution >= 4 is 33.6 Å². The molecule has 4 bridgehead atoms. The minimum Gasteiger partial charge on any atom is -0.455 e. The van der Waals surface area contributed by atoms with E-state index in [1.54, 1.807) is 0 Å². The van der Waals surface area contributed by atoms with Gasteiger partial charge in [-0.2, -0.15) is 0 Å². The van der Waals surface area contributed by atoms with Crippen LogP contribution in [0.1, 0.15) is 22.9 Å². The van der Waals surface area contributed by atoms with Gasteiger partial charge in [0.2, 0.25) is 0 Å². The molecule has 0 spiro atoms. The van der Waals surface area contributed by atoms with E-state index >= 15 is 0 Å². The monoisotopic (exact) mass is 475 g/mol. The number of rotatable bonds is 1. The number of nitrogens with zero attached hydrogens (tertiary/aromatic N) is 2. The summed E-state index contributed by atoms with van der Waals surface area (Å²) in [6.45, 7) is 0. The summed E-state index contributed by atoms with van der Waals surface area (Å²) in [5.41, 5.74) is 9.31. The standard InChI is InChI=1S/C33H21N3O/c1-2-10-20(11-3-1)31-34-32-25-15-6-4-12-22(25)21-18-27(23-13-5-7-16-26(23)33(35-31)36-32)30-28(19-21)24-14-8-9-17-29(24)37-30/h1-19,33H,(H,34,35,36). The molecule has 0 saturated carbocycles. The average molecular weight is 476 g/mol. The van der Waals surface area contributed by atoms with Crippen molar-refractivity contribution in [3.8, 4) is 22.3 Å². The molecule has 3 heterocycles. The highest BCUT2D eigenvalue weighted by Gasteiger charge is 2.27. The van der Waals surface area contributed by atoms with Crippen molar-refractivity contribution < 1.29 is 4.42 Å². The molecule has 0 radical (unpaired) electrons. The van der Waals surface area contributed by atoms with Gasteiger partial charge in [-0.3, -0.25) is 0 Å². The quantitative estimate of drug-likeness (QED) is 0.265. The normalized spacial score (nSPS) is 15.8. The molecule has 0 amide bonds. The number of para-hydroxylation sites is 1. The van der Waals surface area contributed by atoms with Crippen LogP contribution in [0, 0.1) is 0 Å². The lowest BCUT2D eigenvalue weighted by atomic mass is 9.89. The summed E-state index contributed by atoms with van der Waals surface area (Å²) in [6, 6.07) is 39.9. The Kier molecular flexibility index (Phi) is 4.25. The summed E-state index contributed by atoms with van der Waals surface area (Å²) >= 11 is 0. The summed E-state index contributed by atoms with van der Waals surface area (Å²) in [5, 5.41) is 5.85. The predicted octanol–water partition coefficient (Wildman–Crippen LogP) is 7.73. The summed E-state index contributed by atoms with van der Waals surface area (Å²) in [5.74, 6) is 1.55. The number of furan rings is 1. The molecule has 8 rings (SSSR count). The molecule has 0 aliphatic carbocycles. The maximum Gasteiger partial charge on any atom is 0.160 e. The van der Waals surface area contributed by atoms with E-state index in [0.717, 1.165) is 72.6 Å². The molecule has 1 unspecified atom stereocenters. The van der Waals surface area contributed by atoms with Gasteiger partial charge in [0.25, 0.3) is 0 Å². The lowest BCUT2D eigenvalue weighted by Crippen LogP contribution is -2.34. The number of hydrogen-bond donors (Lipinski definition) is 1. The molecule has 37 heavy (non-hydrogen) atoms. The molecule has 1 atom stereocenters. The fourth-order valence-electron chi connectivity index (χ4n) is 5.57. The van der Waals surface area contributed by atoms with Crippen LogP contribution in [0.2, 0.25) is 0 Å². The Morgan fingerprint density at radius 3 is 2.22 bits per heavy atom. The van der Waals surface area contributed by atoms with Crippen LogP contribution < -0.4 is 5.32 Å². The Hall–Kier alpha value is -4.96. The van der Waals surface area contributed by atoms with E-state index in [4.69, 9.17) is 14.4 Å². The molecule has 4 nitrogen and oxygen atoms in total. The third kappa shape index (κ3) is 3.09. The molecule has 0 fully saturated rings. The lowest BCUT2D eigenvalue weighted by Gasteiger charge is -2.27. The second kappa shape index (κ2) is 7.77. The number of nitrogens with one attached hydrogen (secondary N) is 1. The Morgan fingerprint density at radius 1 is 0.595 bits per heavy atom. The second-order valence-electron chi connectivity index (χ2n) is 9.46. The van der Waals surface area contributed by atoms with Gasteiger partial charge < -0.3 is 9.73 Å². The Balaban J connectivity index is 1.49. The van der Waals surface area contributed by atoms with Gasteiger partial charge in [0.05, 0.1) is 0 Å². The van der Waals surface area contributed by atoms with Gasteiger partial charge >= 0.3 is 0 Å². The van der Waals surface area contributed by atoms with Crippen LogP contribution in [0.3, 0.4) is 0 Å². The summed E-state index contributed by atoms with van der Waals surface area (Å²) < 4.78 is 6.49. The van der Waals surface area contributed by atoms with Crippen molar-refractivity contribution in [2.24, 2.45) is 9.98 Å². The van der Waals surface area contributed by atoms with Crippen molar-refractivity contribution in [3.63, 3.8) is 0 Å². The van der Waals surface area contributed by atoms with Gasteiger partial charge in [-0.05, 0) is 34.9 Å². The van der Waals surface area contributed by atoms with E-state index in [0.29, 0.717) is 0 Å². The van der Waals surface area contributed by atoms with E-state index in [1.165, 1.54) is 0 Å². The zero-order chi connectivity index (χ0) is 24.3. The number of aliphatic imine (C=N–C) groups is 2. The Bertz CT molecular complexity index is 1910. The summed E-state index contributed by atoms with van der Waals surface area (Å²) in [4.78, 5) is 10.2. The largest absolute Gasteiger partial charge is 0.455 e. The molecule has 5 aromatic carbocycles. The van der Waals surface area contributed by atoms with Crippen LogP contribution in [0.4, 0.5) is 0 Å². The van der Waals surface area contributed by atoms with Gasteiger partial charge in [-0.15, -0.1) is 0 Å². The van der Waals surface area contributed by atoms with Crippen LogP contribution in [-0.4, -0.2) is 11.7 Å². The highest BCUT2D eigenvalue weighted by atomic mass is 16.3. The van der Waals surface area contributed by atoms with Gasteiger partial charge in [0, 0.05) is 33.0 Å². The minimum absolute atomic E-state index is 0.298. The minimum atomic E-state index is -0.298. The van der Waals surface area contributed by atoms with Crippen molar-refractivity contribution in [2.75, 3.05) is 0 Å². The van der Waals surface area contributed by atoms with E-state index in [-0.39, 0.29) is 6.17 Å². The predicted molar refractivity (Wildman–Crippen MR) is 150 cm³/mol. The van der Waals surface area contributed by atoms with Crippen LogP contribution in [0.5, 0.6) is 0 Å². The van der Waals surface area contributed by atoms with E-state index in [1.807, 2.05) is 30.3 Å². The van der Waals surface area contributed by atoms with E-state index in [2.05, 4.69) is 90.2 Å². The first-order chi connectivity index (χ1) is 18.3. The molecule has 1 aromatic heterocycles. The number of hydrogen-bond acceptors (Lipinski definition) is 4. The van der Waals surface area contributed by atoms with E-state index < -0.39 is 0 Å². The summed E-state index contributed by atoms with van der Waals surface area (Å²) in [7, 11) is 0. The first-order valence-corrected chi connectivity index (χ1v) is 12.5. The fraction of sp³-hybridized carbons (Fsp3) is 0.0303. The van der Waals surface area contributed by atoms with E-state index in [9.17, 15) is 0 Å². The lowest BCUT2D eigenvalue weighted by molar-refractivity contribution is 0.667. The fourth-order valence-corrected chi connectivity index (χ4v) is 5.57. The topological polar surface area (TPSA) is 49.9 Å². The third-order valence-electron chi connectivity index (χ3n) is 7.29. The molecule has 2 aliphatic rings. The molecular formula is C33H21N3O. The van der Waals surface area contributed by atoms with Gasteiger partial charge in [0.15, 0.2) is 5.84 Å². The molecule has 1 N–H and O–H groups in total. The van der Waals surface area contributed by atoms with Crippen LogP contribution in [-0.2, 0) is 0 Å². The summed E-state index contributed by atoms with van der Waals surface area (Å²) in [6.07, 6.45) is -0.298. The first kappa shape index (κ1) is 20.3. The molecule has 6 aromatic rings. The maximum atomic E-state index is 6.49. The average Bonchev–Trinajstić information content (AvgIpc) is 3.35. The van der Waals surface area contributed by atoms with Crippen molar-refractivity contribution in [1.82, 2.24) is 5.32 Å². The smallest absolute Gasteiger partial charge is 0.160 e.